The molecule has 18 heavy (non-hydrogen) atoms. The van der Waals surface area contributed by atoms with Gasteiger partial charge in [0.05, 0.1) is 0 Å². The maximum Gasteiger partial charge on any atom is 0.407 e. The fraction of sp³-hybridized carbons (Fsp3) is 0.500. The van der Waals surface area contributed by atoms with Gasteiger partial charge < -0.3 is 15.2 Å². The minimum atomic E-state index is -0.495. The monoisotopic (exact) mass is 251 g/mol. The van der Waals surface area contributed by atoms with E-state index in [1.54, 1.807) is 0 Å². The number of nitrogens with one attached hydrogen (secondary N) is 1. The van der Waals surface area contributed by atoms with E-state index >= 15 is 0 Å². The summed E-state index contributed by atoms with van der Waals surface area (Å²) in [5.41, 5.74) is 2.05. The minimum Gasteiger partial charge on any atom is -0.507 e. The molecule has 2 N–H and O–H groups in total. The van der Waals surface area contributed by atoms with Crippen LogP contribution >= 0.6 is 0 Å². The lowest BCUT2D eigenvalue weighted by atomic mass is 10.1. The van der Waals surface area contributed by atoms with Gasteiger partial charge in [0, 0.05) is 6.54 Å². The fourth-order valence-electron chi connectivity index (χ4n) is 1.64. The molecule has 0 aliphatic heterocycles. The number of aryl methyl sites for hydroxylation is 2. The van der Waals surface area contributed by atoms with Gasteiger partial charge in [-0.05, 0) is 51.3 Å². The van der Waals surface area contributed by atoms with E-state index in [0.29, 0.717) is 12.3 Å². The SMILES string of the molecule is Cc1cc(CNC(=O)OC(C)(C)C)cc(C)c1O. The largest absolute Gasteiger partial charge is 0.507 e. The van der Waals surface area contributed by atoms with Crippen LogP contribution in [0.15, 0.2) is 12.1 Å². The Morgan fingerprint density at radius 2 is 1.78 bits per heavy atom. The third-order valence-corrected chi connectivity index (χ3v) is 2.39. The van der Waals surface area contributed by atoms with Crippen LogP contribution in [0, 0.1) is 13.8 Å². The van der Waals surface area contributed by atoms with Crippen LogP contribution in [-0.2, 0) is 11.3 Å². The van der Waals surface area contributed by atoms with Crippen molar-refractivity contribution in [3.05, 3.63) is 28.8 Å². The predicted molar refractivity (Wildman–Crippen MR) is 70.7 cm³/mol. The van der Waals surface area contributed by atoms with Crippen LogP contribution in [0.5, 0.6) is 5.75 Å². The first-order valence-electron chi connectivity index (χ1n) is 5.95. The molecule has 100 valence electrons. The summed E-state index contributed by atoms with van der Waals surface area (Å²) in [6, 6.07) is 3.69. The number of hydrogen-bond acceptors (Lipinski definition) is 3. The van der Waals surface area contributed by atoms with Crippen molar-refractivity contribution in [3.63, 3.8) is 0 Å². The highest BCUT2D eigenvalue weighted by Crippen LogP contribution is 2.22. The molecule has 1 aromatic carbocycles. The van der Waals surface area contributed by atoms with E-state index in [2.05, 4.69) is 5.32 Å². The molecular formula is C14H21NO3. The Bertz CT molecular complexity index is 424. The van der Waals surface area contributed by atoms with Gasteiger partial charge in [-0.25, -0.2) is 4.79 Å². The second-order valence-corrected chi connectivity index (χ2v) is 5.43. The second kappa shape index (κ2) is 5.29. The zero-order chi connectivity index (χ0) is 13.9. The van der Waals surface area contributed by atoms with Gasteiger partial charge >= 0.3 is 6.09 Å². The number of rotatable bonds is 2. The second-order valence-electron chi connectivity index (χ2n) is 5.43. The highest BCUT2D eigenvalue weighted by Gasteiger charge is 2.15. The van der Waals surface area contributed by atoms with Crippen LogP contribution in [-0.4, -0.2) is 16.8 Å². The molecule has 0 bridgehead atoms. The van der Waals surface area contributed by atoms with Crippen molar-refractivity contribution in [2.75, 3.05) is 0 Å². The number of ether oxygens (including phenoxy) is 1. The number of phenols is 1. The van der Waals surface area contributed by atoms with Crippen molar-refractivity contribution in [1.82, 2.24) is 5.32 Å². The molecule has 0 atom stereocenters. The lowest BCUT2D eigenvalue weighted by Crippen LogP contribution is -2.32. The number of benzene rings is 1. The van der Waals surface area contributed by atoms with Gasteiger partial charge in [-0.3, -0.25) is 0 Å². The lowest BCUT2D eigenvalue weighted by Gasteiger charge is -2.19. The summed E-state index contributed by atoms with van der Waals surface area (Å²) < 4.78 is 5.14. The highest BCUT2D eigenvalue weighted by molar-refractivity contribution is 5.67. The maximum absolute atomic E-state index is 11.5. The van der Waals surface area contributed by atoms with Gasteiger partial charge in [-0.1, -0.05) is 12.1 Å². The van der Waals surface area contributed by atoms with Crippen LogP contribution in [0.1, 0.15) is 37.5 Å². The average molecular weight is 251 g/mol. The molecule has 0 radical (unpaired) electrons. The van der Waals surface area contributed by atoms with E-state index < -0.39 is 11.7 Å². The number of amides is 1. The van der Waals surface area contributed by atoms with Gasteiger partial charge in [-0.15, -0.1) is 0 Å². The third kappa shape index (κ3) is 4.28. The smallest absolute Gasteiger partial charge is 0.407 e. The third-order valence-electron chi connectivity index (χ3n) is 2.39. The Balaban J connectivity index is 2.62. The van der Waals surface area contributed by atoms with Gasteiger partial charge in [-0.2, -0.15) is 0 Å². The van der Waals surface area contributed by atoms with Crippen LogP contribution < -0.4 is 5.32 Å². The normalized spacial score (nSPS) is 11.2. The minimum absolute atomic E-state index is 0.302. The number of phenolic OH excluding ortho intramolecular Hbond substituents is 1. The Hall–Kier alpha value is -1.71. The van der Waals surface area contributed by atoms with Crippen molar-refractivity contribution in [1.29, 1.82) is 0 Å². The van der Waals surface area contributed by atoms with Gasteiger partial charge in [0.15, 0.2) is 0 Å². The standard InChI is InChI=1S/C14H21NO3/c1-9-6-11(7-10(2)12(9)16)8-15-13(17)18-14(3,4)5/h6-7,16H,8H2,1-5H3,(H,15,17). The van der Waals surface area contributed by atoms with E-state index in [1.807, 2.05) is 46.8 Å². The molecule has 0 saturated carbocycles. The summed E-state index contributed by atoms with van der Waals surface area (Å²) in [6.45, 7) is 9.51. The molecule has 0 heterocycles. The Morgan fingerprint density at radius 1 is 1.28 bits per heavy atom. The maximum atomic E-state index is 11.5. The van der Waals surface area contributed by atoms with E-state index in [9.17, 15) is 9.90 Å². The van der Waals surface area contributed by atoms with Crippen LogP contribution in [0.25, 0.3) is 0 Å². The van der Waals surface area contributed by atoms with Gasteiger partial charge in [0.1, 0.15) is 11.4 Å². The van der Waals surface area contributed by atoms with Crippen LogP contribution in [0.2, 0.25) is 0 Å². The summed E-state index contributed by atoms with van der Waals surface area (Å²) in [5, 5.41) is 12.3. The van der Waals surface area contributed by atoms with Gasteiger partial charge in [0.2, 0.25) is 0 Å². The first-order valence-corrected chi connectivity index (χ1v) is 5.95. The van der Waals surface area contributed by atoms with Crippen molar-refractivity contribution < 1.29 is 14.6 Å². The van der Waals surface area contributed by atoms with E-state index in [4.69, 9.17) is 4.74 Å². The molecule has 1 rings (SSSR count). The quantitative estimate of drug-likeness (QED) is 0.849. The molecule has 0 saturated heterocycles. The molecule has 0 aliphatic rings. The predicted octanol–water partition coefficient (Wildman–Crippen LogP) is 3.03. The molecule has 4 heteroatoms. The van der Waals surface area contributed by atoms with Crippen molar-refractivity contribution in [2.24, 2.45) is 0 Å². The zero-order valence-corrected chi connectivity index (χ0v) is 11.6. The highest BCUT2D eigenvalue weighted by atomic mass is 16.6. The summed E-state index contributed by atoms with van der Waals surface area (Å²) in [5.74, 6) is 0.302. The summed E-state index contributed by atoms with van der Waals surface area (Å²) in [4.78, 5) is 11.5. The number of carbonyl (C=O) groups is 1. The lowest BCUT2D eigenvalue weighted by molar-refractivity contribution is 0.0523. The summed E-state index contributed by atoms with van der Waals surface area (Å²) in [6.07, 6.45) is -0.439. The molecule has 1 amide bonds. The number of carbonyl (C=O) groups excluding carboxylic acids is 1. The van der Waals surface area contributed by atoms with E-state index in [-0.39, 0.29) is 0 Å². The topological polar surface area (TPSA) is 58.6 Å². The molecule has 0 unspecified atom stereocenters. The first kappa shape index (κ1) is 14.4. The van der Waals surface area contributed by atoms with Crippen molar-refractivity contribution >= 4 is 6.09 Å². The molecule has 0 aromatic heterocycles. The molecule has 0 aliphatic carbocycles. The van der Waals surface area contributed by atoms with Crippen LogP contribution in [0.4, 0.5) is 4.79 Å². The van der Waals surface area contributed by atoms with Crippen molar-refractivity contribution in [2.45, 2.75) is 46.8 Å². The summed E-state index contributed by atoms with van der Waals surface area (Å²) >= 11 is 0. The van der Waals surface area contributed by atoms with E-state index in [0.717, 1.165) is 16.7 Å². The molecule has 4 nitrogen and oxygen atoms in total. The average Bonchev–Trinajstić information content (AvgIpc) is 2.20. The number of alkyl carbamates (subject to hydrolysis) is 1. The Labute approximate surface area is 108 Å². The Morgan fingerprint density at radius 3 is 2.22 bits per heavy atom. The molecular weight excluding hydrogens is 230 g/mol. The van der Waals surface area contributed by atoms with E-state index in [1.165, 1.54) is 0 Å². The summed E-state index contributed by atoms with van der Waals surface area (Å²) in [7, 11) is 0. The van der Waals surface area contributed by atoms with Gasteiger partial charge in [0.25, 0.3) is 0 Å². The number of aromatic hydroxyl groups is 1. The number of hydrogen-bond donors (Lipinski definition) is 2. The first-order chi connectivity index (χ1) is 8.19. The molecule has 0 spiro atoms. The molecule has 0 fully saturated rings. The fourth-order valence-corrected chi connectivity index (χ4v) is 1.64. The Kier molecular flexibility index (Phi) is 4.22. The van der Waals surface area contributed by atoms with Crippen molar-refractivity contribution in [3.8, 4) is 5.75 Å². The molecule has 1 aromatic rings. The van der Waals surface area contributed by atoms with Crippen LogP contribution in [0.3, 0.4) is 0 Å². The zero-order valence-electron chi connectivity index (χ0n) is 11.6.